The predicted molar refractivity (Wildman–Crippen MR) is 137 cm³/mol. The van der Waals surface area contributed by atoms with Gasteiger partial charge in [0.15, 0.2) is 29.1 Å². The zero-order valence-electron chi connectivity index (χ0n) is 20.3. The van der Waals surface area contributed by atoms with Gasteiger partial charge in [0.05, 0.1) is 12.9 Å². The summed E-state index contributed by atoms with van der Waals surface area (Å²) < 4.78 is 34.9. The summed E-state index contributed by atoms with van der Waals surface area (Å²) >= 11 is 6.27. The van der Waals surface area contributed by atoms with Crippen LogP contribution in [0, 0.1) is 5.41 Å². The van der Waals surface area contributed by atoms with Gasteiger partial charge in [0, 0.05) is 18.5 Å². The largest absolute Gasteiger partial charge is 0.387 e. The van der Waals surface area contributed by atoms with Crippen molar-refractivity contribution in [2.45, 2.75) is 37.4 Å². The van der Waals surface area contributed by atoms with Crippen LogP contribution in [-0.2, 0) is 31.2 Å². The van der Waals surface area contributed by atoms with E-state index in [9.17, 15) is 24.2 Å². The SMILES string of the molecule is O=P(O)(O)CP(=O)(O)OC[C@H]1O[C@@H](n2cnc3c(N4CC5(Cc6ccccc6C5)C4)nc(Cl)nc32)C(O)[C@H]1O. The van der Waals surface area contributed by atoms with E-state index in [2.05, 4.69) is 32.0 Å². The zero-order chi connectivity index (χ0) is 27.7. The fourth-order valence-corrected chi connectivity index (χ4v) is 8.48. The van der Waals surface area contributed by atoms with Gasteiger partial charge in [-0.15, -0.1) is 0 Å². The first-order chi connectivity index (χ1) is 18.3. The number of hydrogen-bond acceptors (Lipinski definition) is 10. The Labute approximate surface area is 226 Å². The Balaban J connectivity index is 1.20. The summed E-state index contributed by atoms with van der Waals surface area (Å²) in [7, 11) is -9.51. The summed E-state index contributed by atoms with van der Waals surface area (Å²) in [6.45, 7) is 0.815. The molecule has 210 valence electrons. The van der Waals surface area contributed by atoms with Gasteiger partial charge in [-0.05, 0) is 35.6 Å². The smallest absolute Gasteiger partial charge is 0.340 e. The number of anilines is 1. The van der Waals surface area contributed by atoms with Gasteiger partial charge in [-0.25, -0.2) is 4.98 Å². The van der Waals surface area contributed by atoms with Crippen molar-refractivity contribution in [3.8, 4) is 0 Å². The van der Waals surface area contributed by atoms with Gasteiger partial charge in [0.25, 0.3) is 0 Å². The molecule has 3 aliphatic rings. The van der Waals surface area contributed by atoms with Crippen LogP contribution in [0.25, 0.3) is 11.2 Å². The van der Waals surface area contributed by atoms with Crippen molar-refractivity contribution in [1.29, 1.82) is 0 Å². The van der Waals surface area contributed by atoms with Gasteiger partial charge < -0.3 is 39.1 Å². The first-order valence-corrected chi connectivity index (χ1v) is 16.0. The molecule has 6 rings (SSSR count). The molecule has 5 N–H and O–H groups in total. The van der Waals surface area contributed by atoms with E-state index >= 15 is 0 Å². The minimum absolute atomic E-state index is 0.0403. The molecule has 17 heteroatoms. The molecular formula is C22H26ClN5O9P2. The summed E-state index contributed by atoms with van der Waals surface area (Å²) in [6, 6.07) is 8.41. The molecule has 2 unspecified atom stereocenters. The quantitative estimate of drug-likeness (QED) is 0.190. The van der Waals surface area contributed by atoms with Crippen LogP contribution in [0.2, 0.25) is 5.28 Å². The van der Waals surface area contributed by atoms with Crippen LogP contribution in [-0.4, -0.2) is 88.3 Å². The number of aromatic nitrogens is 4. The molecule has 2 fully saturated rings. The van der Waals surface area contributed by atoms with Gasteiger partial charge in [-0.1, -0.05) is 24.3 Å². The highest BCUT2D eigenvalue weighted by atomic mass is 35.5. The number of imidazole rings is 1. The molecule has 0 radical (unpaired) electrons. The lowest BCUT2D eigenvalue weighted by Gasteiger charge is -2.49. The van der Waals surface area contributed by atoms with Crippen LogP contribution in [0.5, 0.6) is 0 Å². The Morgan fingerprint density at radius 1 is 1.08 bits per heavy atom. The molecule has 1 aliphatic carbocycles. The Hall–Kier alpha value is -1.96. The maximum absolute atomic E-state index is 12.0. The molecule has 2 aromatic heterocycles. The van der Waals surface area contributed by atoms with Crippen LogP contribution in [0.3, 0.4) is 0 Å². The summed E-state index contributed by atoms with van der Waals surface area (Å²) in [4.78, 5) is 42.8. The molecule has 1 aromatic carbocycles. The number of fused-ring (bicyclic) bond motifs is 2. The maximum atomic E-state index is 12.0. The number of hydrogen-bond donors (Lipinski definition) is 5. The number of aliphatic hydroxyl groups excluding tert-OH is 2. The van der Waals surface area contributed by atoms with Crippen LogP contribution < -0.4 is 4.90 Å². The number of aliphatic hydroxyl groups is 2. The van der Waals surface area contributed by atoms with Crippen LogP contribution in [0.1, 0.15) is 17.4 Å². The third-order valence-corrected chi connectivity index (χ3v) is 11.0. The molecule has 0 saturated carbocycles. The van der Waals surface area contributed by atoms with E-state index < -0.39 is 52.2 Å². The van der Waals surface area contributed by atoms with E-state index in [4.69, 9.17) is 30.6 Å². The summed E-state index contributed by atoms with van der Waals surface area (Å²) in [5.41, 5.74) is 3.51. The molecule has 2 aliphatic heterocycles. The molecule has 0 bridgehead atoms. The topological polar surface area (TPSA) is 201 Å². The van der Waals surface area contributed by atoms with Crippen molar-refractivity contribution in [3.63, 3.8) is 0 Å². The highest BCUT2D eigenvalue weighted by molar-refractivity contribution is 7.70. The Morgan fingerprint density at radius 3 is 2.38 bits per heavy atom. The van der Waals surface area contributed by atoms with Crippen LogP contribution in [0.4, 0.5) is 5.82 Å². The van der Waals surface area contributed by atoms with Crippen molar-refractivity contribution >= 4 is 43.8 Å². The van der Waals surface area contributed by atoms with Crippen LogP contribution >= 0.6 is 26.8 Å². The van der Waals surface area contributed by atoms with Crippen molar-refractivity contribution in [2.75, 3.05) is 30.5 Å². The lowest BCUT2D eigenvalue weighted by Crippen LogP contribution is -2.57. The number of ether oxygens (including phenoxy) is 1. The third kappa shape index (κ3) is 5.15. The fraction of sp³-hybridized carbons (Fsp3) is 0.500. The average Bonchev–Trinajstić information content (AvgIpc) is 3.49. The molecule has 39 heavy (non-hydrogen) atoms. The summed E-state index contributed by atoms with van der Waals surface area (Å²) in [6.07, 6.45) is -2.20. The zero-order valence-corrected chi connectivity index (χ0v) is 22.9. The first-order valence-electron chi connectivity index (χ1n) is 12.1. The molecule has 5 atom stereocenters. The van der Waals surface area contributed by atoms with Crippen LogP contribution in [0.15, 0.2) is 30.6 Å². The van der Waals surface area contributed by atoms with E-state index in [0.717, 1.165) is 25.9 Å². The standard InChI is InChI=1S/C22H26ClN5O9P2/c23-21-25-18(27-8-22(9-27)5-12-3-1-2-4-13(12)6-22)15-19(26-21)28(10-24-15)20-17(30)16(29)14(37-20)7-36-39(34,35)11-38(31,32)33/h1-4,10,14,16-17,20,29-30H,5-9,11H2,(H,34,35)(H2,31,32,33)/t14-,16+,17?,20-/m1/s1. The van der Waals surface area contributed by atoms with E-state index in [0.29, 0.717) is 11.3 Å². The number of benzene rings is 1. The molecule has 4 heterocycles. The van der Waals surface area contributed by atoms with E-state index in [1.807, 2.05) is 12.1 Å². The minimum atomic E-state index is -4.83. The number of nitrogens with zero attached hydrogens (tertiary/aromatic N) is 5. The van der Waals surface area contributed by atoms with Gasteiger partial charge in [0.1, 0.15) is 18.3 Å². The first kappa shape index (κ1) is 27.2. The van der Waals surface area contributed by atoms with E-state index in [1.165, 1.54) is 22.0 Å². The second kappa shape index (κ2) is 9.56. The van der Waals surface area contributed by atoms with Crippen molar-refractivity contribution in [3.05, 3.63) is 47.0 Å². The lowest BCUT2D eigenvalue weighted by atomic mass is 9.77. The number of halogens is 1. The monoisotopic (exact) mass is 601 g/mol. The Morgan fingerprint density at radius 2 is 1.74 bits per heavy atom. The number of rotatable bonds is 7. The second-order valence-electron chi connectivity index (χ2n) is 10.4. The molecule has 2 saturated heterocycles. The summed E-state index contributed by atoms with van der Waals surface area (Å²) in [5.74, 6) is -0.847. The fourth-order valence-electron chi connectivity index (χ4n) is 5.75. The maximum Gasteiger partial charge on any atom is 0.340 e. The van der Waals surface area contributed by atoms with Gasteiger partial charge in [0.2, 0.25) is 5.28 Å². The van der Waals surface area contributed by atoms with Gasteiger partial charge in [-0.2, -0.15) is 9.97 Å². The summed E-state index contributed by atoms with van der Waals surface area (Å²) in [5, 5.41) is 21.1. The highest BCUT2D eigenvalue weighted by Gasteiger charge is 2.49. The molecule has 1 spiro atoms. The van der Waals surface area contributed by atoms with E-state index in [1.54, 1.807) is 0 Å². The Bertz CT molecular complexity index is 1500. The highest BCUT2D eigenvalue weighted by Crippen LogP contribution is 2.55. The van der Waals surface area contributed by atoms with Gasteiger partial charge in [-0.3, -0.25) is 13.7 Å². The van der Waals surface area contributed by atoms with Crippen molar-refractivity contribution in [1.82, 2.24) is 19.5 Å². The predicted octanol–water partition coefficient (Wildman–Crippen LogP) is 1.04. The average molecular weight is 602 g/mol. The van der Waals surface area contributed by atoms with Crippen molar-refractivity contribution in [2.24, 2.45) is 5.41 Å². The normalized spacial score (nSPS) is 27.6. The molecule has 0 amide bonds. The Kier molecular flexibility index (Phi) is 6.67. The molecular weight excluding hydrogens is 576 g/mol. The van der Waals surface area contributed by atoms with Crippen molar-refractivity contribution < 1.29 is 43.3 Å². The minimum Gasteiger partial charge on any atom is -0.387 e. The third-order valence-electron chi connectivity index (χ3n) is 7.39. The molecule has 3 aromatic rings. The van der Waals surface area contributed by atoms with Gasteiger partial charge >= 0.3 is 15.2 Å². The molecule has 14 nitrogen and oxygen atoms in total. The van der Waals surface area contributed by atoms with E-state index in [-0.39, 0.29) is 16.3 Å². The lowest BCUT2D eigenvalue weighted by molar-refractivity contribution is -0.0483. The second-order valence-corrected chi connectivity index (χ2v) is 14.7.